The molecule has 114 valence electrons. The van der Waals surface area contributed by atoms with Crippen LogP contribution in [-0.4, -0.2) is 15.8 Å². The van der Waals surface area contributed by atoms with Crippen molar-refractivity contribution < 1.29 is 9.72 Å². The molecule has 1 fully saturated rings. The molecule has 1 aliphatic carbocycles. The molecule has 0 spiro atoms. The van der Waals surface area contributed by atoms with Crippen molar-refractivity contribution in [1.29, 1.82) is 0 Å². The summed E-state index contributed by atoms with van der Waals surface area (Å²) in [4.78, 5) is 27.0. The topological polar surface area (TPSA) is 111 Å². The fourth-order valence-electron chi connectivity index (χ4n) is 2.27. The van der Waals surface area contributed by atoms with E-state index >= 15 is 0 Å². The number of aromatic nitrogens is 1. The maximum Gasteiger partial charge on any atom is 0.270 e. The third-order valence-electron chi connectivity index (χ3n) is 3.59. The first-order chi connectivity index (χ1) is 10.6. The van der Waals surface area contributed by atoms with Crippen molar-refractivity contribution in [2.75, 3.05) is 5.73 Å². The quantitative estimate of drug-likeness (QED) is 0.500. The van der Waals surface area contributed by atoms with Crippen LogP contribution in [0, 0.1) is 16.0 Å². The van der Waals surface area contributed by atoms with Crippen LogP contribution in [0.2, 0.25) is 0 Å². The van der Waals surface area contributed by atoms with Gasteiger partial charge in [0.05, 0.1) is 16.5 Å². The minimum Gasteiger partial charge on any atom is -0.398 e. The summed E-state index contributed by atoms with van der Waals surface area (Å²) in [6.45, 7) is 0. The number of carbonyl (C=O) groups is 1. The monoisotopic (exact) mass is 318 g/mol. The van der Waals surface area contributed by atoms with E-state index in [-0.39, 0.29) is 23.0 Å². The number of amides is 1. The predicted molar refractivity (Wildman–Crippen MR) is 82.6 cm³/mol. The number of nitrogens with two attached hydrogens (primary N) is 1. The molecular weight excluding hydrogens is 304 g/mol. The summed E-state index contributed by atoms with van der Waals surface area (Å²) >= 11 is 1.48. The average Bonchev–Trinajstić information content (AvgIpc) is 3.19. The van der Waals surface area contributed by atoms with E-state index in [0.717, 1.165) is 17.8 Å². The van der Waals surface area contributed by atoms with Gasteiger partial charge in [0.2, 0.25) is 0 Å². The van der Waals surface area contributed by atoms with Crippen molar-refractivity contribution in [2.45, 2.75) is 18.9 Å². The fraction of sp³-hybridized carbons (Fsp3) is 0.286. The second-order valence-electron chi connectivity index (χ2n) is 5.19. The largest absolute Gasteiger partial charge is 0.398 e. The predicted octanol–water partition coefficient (Wildman–Crippen LogP) is 2.51. The van der Waals surface area contributed by atoms with Gasteiger partial charge in [0.15, 0.2) is 0 Å². The highest BCUT2D eigenvalue weighted by Gasteiger charge is 2.35. The highest BCUT2D eigenvalue weighted by molar-refractivity contribution is 7.09. The van der Waals surface area contributed by atoms with E-state index in [9.17, 15) is 14.9 Å². The van der Waals surface area contributed by atoms with Crippen LogP contribution in [0.5, 0.6) is 0 Å². The Morgan fingerprint density at radius 1 is 1.50 bits per heavy atom. The van der Waals surface area contributed by atoms with Gasteiger partial charge < -0.3 is 11.1 Å². The second kappa shape index (κ2) is 5.72. The molecule has 1 amide bonds. The van der Waals surface area contributed by atoms with Gasteiger partial charge >= 0.3 is 0 Å². The standard InChI is InChI=1S/C14H14N4O3S/c15-11-4-3-9(18(20)21)7-10(11)13(19)17-12(8-1-2-8)14-16-5-6-22-14/h3-8,12H,1-2,15H2,(H,17,19). The zero-order chi connectivity index (χ0) is 15.7. The summed E-state index contributed by atoms with van der Waals surface area (Å²) < 4.78 is 0. The number of anilines is 1. The van der Waals surface area contributed by atoms with Crippen molar-refractivity contribution >= 4 is 28.6 Å². The first-order valence-electron chi connectivity index (χ1n) is 6.80. The molecule has 22 heavy (non-hydrogen) atoms. The SMILES string of the molecule is Nc1ccc([N+](=O)[O-])cc1C(=O)NC(c1nccs1)C1CC1. The van der Waals surface area contributed by atoms with E-state index in [1.165, 1.54) is 29.5 Å². The van der Waals surface area contributed by atoms with E-state index in [0.29, 0.717) is 5.92 Å². The summed E-state index contributed by atoms with van der Waals surface area (Å²) in [5.41, 5.74) is 5.97. The van der Waals surface area contributed by atoms with E-state index in [1.807, 2.05) is 5.38 Å². The van der Waals surface area contributed by atoms with Crippen LogP contribution in [0.25, 0.3) is 0 Å². The van der Waals surface area contributed by atoms with Crippen LogP contribution < -0.4 is 11.1 Å². The summed E-state index contributed by atoms with van der Waals surface area (Å²) in [6, 6.07) is 3.70. The molecule has 3 N–H and O–H groups in total. The molecule has 7 nitrogen and oxygen atoms in total. The maximum atomic E-state index is 12.4. The highest BCUT2D eigenvalue weighted by atomic mass is 32.1. The van der Waals surface area contributed by atoms with Crippen molar-refractivity contribution in [2.24, 2.45) is 5.92 Å². The third kappa shape index (κ3) is 2.91. The molecule has 1 unspecified atom stereocenters. The number of nitro groups is 1. The molecule has 1 aromatic carbocycles. The first-order valence-corrected chi connectivity index (χ1v) is 7.68. The Hall–Kier alpha value is -2.48. The maximum absolute atomic E-state index is 12.4. The molecular formula is C14H14N4O3S. The Morgan fingerprint density at radius 3 is 2.86 bits per heavy atom. The van der Waals surface area contributed by atoms with Gasteiger partial charge in [-0.05, 0) is 24.8 Å². The molecule has 8 heteroatoms. The molecule has 1 heterocycles. The summed E-state index contributed by atoms with van der Waals surface area (Å²) in [7, 11) is 0. The minimum atomic E-state index is -0.546. The molecule has 1 aliphatic rings. The lowest BCUT2D eigenvalue weighted by Crippen LogP contribution is -2.30. The van der Waals surface area contributed by atoms with Crippen molar-refractivity contribution in [3.63, 3.8) is 0 Å². The van der Waals surface area contributed by atoms with E-state index in [4.69, 9.17) is 5.73 Å². The number of rotatable bonds is 5. The Labute approximate surface area is 130 Å². The Balaban J connectivity index is 1.84. The molecule has 0 radical (unpaired) electrons. The van der Waals surface area contributed by atoms with E-state index < -0.39 is 10.8 Å². The molecule has 0 saturated heterocycles. The number of nitrogens with zero attached hydrogens (tertiary/aromatic N) is 2. The van der Waals surface area contributed by atoms with Gasteiger partial charge in [-0.1, -0.05) is 0 Å². The lowest BCUT2D eigenvalue weighted by atomic mass is 10.1. The van der Waals surface area contributed by atoms with Crippen molar-refractivity contribution in [3.05, 3.63) is 50.5 Å². The normalized spacial score (nSPS) is 15.3. The number of nitrogen functional groups attached to an aromatic ring is 1. The van der Waals surface area contributed by atoms with Crippen LogP contribution in [0.1, 0.15) is 34.2 Å². The third-order valence-corrected chi connectivity index (χ3v) is 4.45. The molecule has 0 aliphatic heterocycles. The van der Waals surface area contributed by atoms with Gasteiger partial charge in [-0.25, -0.2) is 4.98 Å². The Morgan fingerprint density at radius 2 is 2.27 bits per heavy atom. The zero-order valence-corrected chi connectivity index (χ0v) is 12.4. The number of hydrogen-bond acceptors (Lipinski definition) is 6. The van der Waals surface area contributed by atoms with Crippen LogP contribution in [0.4, 0.5) is 11.4 Å². The summed E-state index contributed by atoms with van der Waals surface area (Å²) in [6.07, 6.45) is 3.77. The molecule has 1 aromatic heterocycles. The van der Waals surface area contributed by atoms with Crippen LogP contribution >= 0.6 is 11.3 Å². The fourth-order valence-corrected chi connectivity index (χ4v) is 3.05. The number of thiazole rings is 1. The van der Waals surface area contributed by atoms with Crippen molar-refractivity contribution in [1.82, 2.24) is 10.3 Å². The van der Waals surface area contributed by atoms with Crippen LogP contribution in [0.15, 0.2) is 29.8 Å². The highest BCUT2D eigenvalue weighted by Crippen LogP contribution is 2.41. The molecule has 1 atom stereocenters. The van der Waals surface area contributed by atoms with E-state index in [1.54, 1.807) is 6.20 Å². The van der Waals surface area contributed by atoms with Crippen molar-refractivity contribution in [3.8, 4) is 0 Å². The van der Waals surface area contributed by atoms with Crippen LogP contribution in [-0.2, 0) is 0 Å². The number of non-ortho nitro benzene ring substituents is 1. The Kier molecular flexibility index (Phi) is 3.76. The minimum absolute atomic E-state index is 0.122. The summed E-state index contributed by atoms with van der Waals surface area (Å²) in [5, 5.41) is 16.5. The first kappa shape index (κ1) is 14.5. The van der Waals surface area contributed by atoms with Gasteiger partial charge in [0.1, 0.15) is 5.01 Å². The number of nitro benzene ring substituents is 1. The number of carbonyl (C=O) groups excluding carboxylic acids is 1. The zero-order valence-electron chi connectivity index (χ0n) is 11.6. The van der Waals surface area contributed by atoms with Gasteiger partial charge in [-0.15, -0.1) is 11.3 Å². The summed E-state index contributed by atoms with van der Waals surface area (Å²) in [5.74, 6) is -0.0386. The molecule has 3 rings (SSSR count). The van der Waals surface area contributed by atoms with Gasteiger partial charge in [0, 0.05) is 29.4 Å². The lowest BCUT2D eigenvalue weighted by molar-refractivity contribution is -0.384. The smallest absolute Gasteiger partial charge is 0.270 e. The lowest BCUT2D eigenvalue weighted by Gasteiger charge is -2.16. The number of benzene rings is 1. The Bertz CT molecular complexity index is 713. The van der Waals surface area contributed by atoms with Gasteiger partial charge in [-0.3, -0.25) is 14.9 Å². The van der Waals surface area contributed by atoms with Gasteiger partial charge in [-0.2, -0.15) is 0 Å². The van der Waals surface area contributed by atoms with E-state index in [2.05, 4.69) is 10.3 Å². The van der Waals surface area contributed by atoms with Gasteiger partial charge in [0.25, 0.3) is 11.6 Å². The molecule has 2 aromatic rings. The van der Waals surface area contributed by atoms with Crippen LogP contribution in [0.3, 0.4) is 0 Å². The second-order valence-corrected chi connectivity index (χ2v) is 6.11. The molecule has 1 saturated carbocycles. The number of hydrogen-bond donors (Lipinski definition) is 2. The molecule has 0 bridgehead atoms. The average molecular weight is 318 g/mol. The number of nitrogens with one attached hydrogen (secondary N) is 1.